The molecule has 1 N–H and O–H groups in total. The summed E-state index contributed by atoms with van der Waals surface area (Å²) >= 11 is 0. The molecule has 3 rings (SSSR count). The van der Waals surface area contributed by atoms with Gasteiger partial charge in [0.05, 0.1) is 5.57 Å². The minimum Gasteiger partial charge on any atom is -0.321 e. The van der Waals surface area contributed by atoms with Gasteiger partial charge in [-0.05, 0) is 18.9 Å². The van der Waals surface area contributed by atoms with Crippen molar-refractivity contribution in [2.24, 2.45) is 0 Å². The summed E-state index contributed by atoms with van der Waals surface area (Å²) in [7, 11) is 0. The van der Waals surface area contributed by atoms with Gasteiger partial charge >= 0.3 is 0 Å². The van der Waals surface area contributed by atoms with E-state index in [9.17, 15) is 9.59 Å². The summed E-state index contributed by atoms with van der Waals surface area (Å²) in [5.41, 5.74) is 2.99. The van der Waals surface area contributed by atoms with Gasteiger partial charge in [-0.15, -0.1) is 0 Å². The quantitative estimate of drug-likeness (QED) is 0.671. The van der Waals surface area contributed by atoms with E-state index < -0.39 is 0 Å². The van der Waals surface area contributed by atoms with E-state index in [4.69, 9.17) is 0 Å². The number of hydrogen-bond acceptors (Lipinski definition) is 2. The summed E-state index contributed by atoms with van der Waals surface area (Å²) in [5, 5.41) is 2.80. The molecule has 16 heavy (non-hydrogen) atoms. The molecule has 1 aliphatic heterocycles. The van der Waals surface area contributed by atoms with Gasteiger partial charge in [0, 0.05) is 23.2 Å². The number of anilines is 1. The molecule has 0 saturated heterocycles. The number of hydrogen-bond donors (Lipinski definition) is 1. The lowest BCUT2D eigenvalue weighted by molar-refractivity contribution is -0.115. The highest BCUT2D eigenvalue weighted by Gasteiger charge is 2.31. The molecule has 80 valence electrons. The fraction of sp³-hybridized carbons (Fsp3) is 0.231. The zero-order valence-corrected chi connectivity index (χ0v) is 8.75. The van der Waals surface area contributed by atoms with Crippen molar-refractivity contribution in [2.45, 2.75) is 19.3 Å². The van der Waals surface area contributed by atoms with Gasteiger partial charge in [0.2, 0.25) is 0 Å². The van der Waals surface area contributed by atoms with Crippen molar-refractivity contribution in [3.8, 4) is 0 Å². The van der Waals surface area contributed by atoms with E-state index in [1.165, 1.54) is 0 Å². The summed E-state index contributed by atoms with van der Waals surface area (Å²) in [4.78, 5) is 23.5. The number of allylic oxidation sites excluding steroid dienone is 1. The van der Waals surface area contributed by atoms with Crippen molar-refractivity contribution in [2.75, 3.05) is 5.32 Å². The van der Waals surface area contributed by atoms with Crippen molar-refractivity contribution in [1.29, 1.82) is 0 Å². The van der Waals surface area contributed by atoms with E-state index in [-0.39, 0.29) is 11.7 Å². The van der Waals surface area contributed by atoms with Crippen molar-refractivity contribution in [3.63, 3.8) is 0 Å². The Morgan fingerprint density at radius 1 is 1.06 bits per heavy atom. The molecule has 1 fully saturated rings. The third-order valence-electron chi connectivity index (χ3n) is 3.14. The molecule has 1 aromatic carbocycles. The molecule has 0 aromatic heterocycles. The van der Waals surface area contributed by atoms with Crippen LogP contribution < -0.4 is 5.32 Å². The predicted molar refractivity (Wildman–Crippen MR) is 60.8 cm³/mol. The average molecular weight is 213 g/mol. The Labute approximate surface area is 93.2 Å². The Hall–Kier alpha value is -1.90. The lowest BCUT2D eigenvalue weighted by Crippen LogP contribution is -2.07. The first-order valence-corrected chi connectivity index (χ1v) is 5.44. The lowest BCUT2D eigenvalue weighted by Gasteiger charge is -2.01. The summed E-state index contributed by atoms with van der Waals surface area (Å²) < 4.78 is 0. The minimum absolute atomic E-state index is 0.127. The van der Waals surface area contributed by atoms with E-state index in [2.05, 4.69) is 5.32 Å². The van der Waals surface area contributed by atoms with Crippen LogP contribution in [-0.2, 0) is 9.59 Å². The van der Waals surface area contributed by atoms with Crippen LogP contribution in [0.1, 0.15) is 24.8 Å². The molecule has 0 unspecified atom stereocenters. The molecule has 1 saturated carbocycles. The molecule has 0 spiro atoms. The molecule has 2 aliphatic rings. The van der Waals surface area contributed by atoms with E-state index >= 15 is 0 Å². The fourth-order valence-corrected chi connectivity index (χ4v) is 2.40. The van der Waals surface area contributed by atoms with Crippen LogP contribution >= 0.6 is 0 Å². The molecular weight excluding hydrogens is 202 g/mol. The Balaban J connectivity index is 2.22. The van der Waals surface area contributed by atoms with Crippen LogP contribution in [0, 0.1) is 0 Å². The number of fused-ring (bicyclic) bond motifs is 1. The topological polar surface area (TPSA) is 46.2 Å². The van der Waals surface area contributed by atoms with E-state index in [1.54, 1.807) is 0 Å². The minimum atomic E-state index is -0.133. The Morgan fingerprint density at radius 2 is 1.88 bits per heavy atom. The number of benzene rings is 1. The van der Waals surface area contributed by atoms with Crippen molar-refractivity contribution >= 4 is 23.0 Å². The second-order valence-corrected chi connectivity index (χ2v) is 4.13. The SMILES string of the molecule is O=C1CCC/C1=C1\C(=O)Nc2ccccc21. The van der Waals surface area contributed by atoms with Gasteiger partial charge in [-0.2, -0.15) is 0 Å². The third-order valence-corrected chi connectivity index (χ3v) is 3.14. The van der Waals surface area contributed by atoms with Gasteiger partial charge in [-0.1, -0.05) is 18.2 Å². The highest BCUT2D eigenvalue weighted by molar-refractivity contribution is 6.35. The first kappa shape index (κ1) is 9.33. The molecule has 3 nitrogen and oxygen atoms in total. The second-order valence-electron chi connectivity index (χ2n) is 4.13. The Kier molecular flexibility index (Phi) is 1.93. The molecule has 0 bridgehead atoms. The molecule has 0 atom stereocenters. The van der Waals surface area contributed by atoms with Gasteiger partial charge in [-0.25, -0.2) is 0 Å². The van der Waals surface area contributed by atoms with Crippen molar-refractivity contribution in [1.82, 2.24) is 0 Å². The fourth-order valence-electron chi connectivity index (χ4n) is 2.40. The lowest BCUT2D eigenvalue weighted by atomic mass is 9.99. The zero-order chi connectivity index (χ0) is 11.1. The third kappa shape index (κ3) is 1.21. The molecule has 3 heteroatoms. The molecule has 1 aliphatic carbocycles. The zero-order valence-electron chi connectivity index (χ0n) is 8.75. The van der Waals surface area contributed by atoms with Gasteiger partial charge in [-0.3, -0.25) is 9.59 Å². The average Bonchev–Trinajstić information content (AvgIpc) is 2.81. The highest BCUT2D eigenvalue weighted by Crippen LogP contribution is 2.37. The van der Waals surface area contributed by atoms with Gasteiger partial charge in [0.15, 0.2) is 5.78 Å². The Morgan fingerprint density at radius 3 is 2.62 bits per heavy atom. The number of para-hydroxylation sites is 1. The largest absolute Gasteiger partial charge is 0.321 e. The maximum atomic E-state index is 11.8. The monoisotopic (exact) mass is 213 g/mol. The number of ketones is 1. The van der Waals surface area contributed by atoms with Crippen LogP contribution in [0.4, 0.5) is 5.69 Å². The number of carbonyl (C=O) groups excluding carboxylic acids is 2. The highest BCUT2D eigenvalue weighted by atomic mass is 16.2. The number of rotatable bonds is 0. The molecule has 1 aromatic rings. The van der Waals surface area contributed by atoms with Crippen LogP contribution in [0.2, 0.25) is 0 Å². The summed E-state index contributed by atoms with van der Waals surface area (Å²) in [6, 6.07) is 7.52. The van der Waals surface area contributed by atoms with E-state index in [1.807, 2.05) is 24.3 Å². The van der Waals surface area contributed by atoms with Crippen LogP contribution in [0.15, 0.2) is 29.8 Å². The van der Waals surface area contributed by atoms with Crippen molar-refractivity contribution in [3.05, 3.63) is 35.4 Å². The van der Waals surface area contributed by atoms with Crippen LogP contribution in [0.3, 0.4) is 0 Å². The summed E-state index contributed by atoms with van der Waals surface area (Å²) in [6.07, 6.45) is 2.18. The van der Waals surface area contributed by atoms with Crippen molar-refractivity contribution < 1.29 is 9.59 Å². The first-order valence-electron chi connectivity index (χ1n) is 5.44. The van der Waals surface area contributed by atoms with Crippen LogP contribution in [0.5, 0.6) is 0 Å². The van der Waals surface area contributed by atoms with Gasteiger partial charge < -0.3 is 5.32 Å². The van der Waals surface area contributed by atoms with Gasteiger partial charge in [0.25, 0.3) is 5.91 Å². The summed E-state index contributed by atoms with van der Waals surface area (Å²) in [6.45, 7) is 0. The molecule has 1 heterocycles. The number of nitrogens with one attached hydrogen (secondary N) is 1. The normalized spacial score (nSPS) is 23.5. The molecule has 1 amide bonds. The maximum absolute atomic E-state index is 11.8. The number of Topliss-reactive ketones (excluding diaryl/α,β-unsaturated/α-hetero) is 1. The maximum Gasteiger partial charge on any atom is 0.256 e. The van der Waals surface area contributed by atoms with E-state index in [0.29, 0.717) is 17.6 Å². The number of carbonyl (C=O) groups is 2. The smallest absolute Gasteiger partial charge is 0.256 e. The predicted octanol–water partition coefficient (Wildman–Crippen LogP) is 2.15. The Bertz CT molecular complexity index is 528. The standard InChI is InChI=1S/C13H11NO2/c15-11-7-3-5-9(11)12-8-4-1-2-6-10(8)14-13(12)16/h1-2,4,6H,3,5,7H2,(H,14,16)/b12-9+. The first-order chi connectivity index (χ1) is 7.77. The molecule has 0 radical (unpaired) electrons. The van der Waals surface area contributed by atoms with E-state index in [0.717, 1.165) is 24.1 Å². The number of amides is 1. The van der Waals surface area contributed by atoms with Crippen LogP contribution in [0.25, 0.3) is 5.57 Å². The summed E-state index contributed by atoms with van der Waals surface area (Å²) in [5.74, 6) is -0.00620. The van der Waals surface area contributed by atoms with Crippen LogP contribution in [-0.4, -0.2) is 11.7 Å². The second kappa shape index (κ2) is 3.30. The molecular formula is C13H11NO2. The van der Waals surface area contributed by atoms with Gasteiger partial charge in [0.1, 0.15) is 0 Å².